The smallest absolute Gasteiger partial charge is 0.135 e. The molecule has 134 valence electrons. The van der Waals surface area contributed by atoms with Crippen molar-refractivity contribution in [3.8, 4) is 0 Å². The minimum absolute atomic E-state index is 0.458. The summed E-state index contributed by atoms with van der Waals surface area (Å²) in [5, 5.41) is 7.64. The van der Waals surface area contributed by atoms with Crippen LogP contribution in [-0.2, 0) is 6.42 Å². The molecule has 0 aliphatic carbocycles. The molecule has 1 saturated heterocycles. The lowest BCUT2D eigenvalue weighted by Crippen LogP contribution is -2.36. The van der Waals surface area contributed by atoms with Gasteiger partial charge in [-0.3, -0.25) is 5.10 Å². The monoisotopic (exact) mass is 347 g/mol. The van der Waals surface area contributed by atoms with E-state index in [4.69, 9.17) is 4.98 Å². The van der Waals surface area contributed by atoms with Gasteiger partial charge in [-0.2, -0.15) is 5.10 Å². The molecule has 1 aliphatic heterocycles. The van der Waals surface area contributed by atoms with Crippen LogP contribution in [-0.4, -0.2) is 33.3 Å². The van der Waals surface area contributed by atoms with Crippen LogP contribution in [0.2, 0.25) is 0 Å². The standard InChI is InChI=1S/C21H25N5/c1-15-12-22-16(2)24-21(15)26-10-6-9-18(14-26)20-19(13-23-25-20)11-17-7-4-3-5-8-17/h3-5,7-8,12-13,18H,6,9-11,14H2,1-2H3,(H,23,25)/t18-/m0/s1. The van der Waals surface area contributed by atoms with Gasteiger partial charge < -0.3 is 4.90 Å². The molecule has 1 N–H and O–H groups in total. The molecule has 1 atom stereocenters. The summed E-state index contributed by atoms with van der Waals surface area (Å²) in [6.07, 6.45) is 7.19. The second kappa shape index (κ2) is 7.28. The highest BCUT2D eigenvalue weighted by Gasteiger charge is 2.26. The number of aromatic amines is 1. The molecule has 0 radical (unpaired) electrons. The van der Waals surface area contributed by atoms with Crippen molar-refractivity contribution in [2.24, 2.45) is 0 Å². The van der Waals surface area contributed by atoms with Gasteiger partial charge in [0, 0.05) is 42.9 Å². The first-order chi connectivity index (χ1) is 12.7. The Kier molecular flexibility index (Phi) is 4.69. The molecule has 3 aromatic rings. The Labute approximate surface area is 154 Å². The Morgan fingerprint density at radius 3 is 2.85 bits per heavy atom. The molecular formula is C21H25N5. The molecular weight excluding hydrogens is 322 g/mol. The molecule has 4 rings (SSSR count). The number of piperidine rings is 1. The number of nitrogens with zero attached hydrogens (tertiary/aromatic N) is 4. The van der Waals surface area contributed by atoms with Crippen LogP contribution in [0.4, 0.5) is 5.82 Å². The van der Waals surface area contributed by atoms with Crippen LogP contribution >= 0.6 is 0 Å². The lowest BCUT2D eigenvalue weighted by atomic mass is 9.90. The van der Waals surface area contributed by atoms with Gasteiger partial charge in [0.25, 0.3) is 0 Å². The lowest BCUT2D eigenvalue weighted by Gasteiger charge is -2.34. The molecule has 2 aromatic heterocycles. The van der Waals surface area contributed by atoms with Gasteiger partial charge in [-0.05, 0) is 37.8 Å². The van der Waals surface area contributed by atoms with E-state index in [9.17, 15) is 0 Å². The summed E-state index contributed by atoms with van der Waals surface area (Å²) >= 11 is 0. The first kappa shape index (κ1) is 16.8. The van der Waals surface area contributed by atoms with E-state index in [1.165, 1.54) is 23.2 Å². The minimum atomic E-state index is 0.458. The zero-order valence-corrected chi connectivity index (χ0v) is 15.4. The predicted octanol–water partition coefficient (Wildman–Crippen LogP) is 3.79. The zero-order chi connectivity index (χ0) is 17.9. The summed E-state index contributed by atoms with van der Waals surface area (Å²) in [6, 6.07) is 10.6. The van der Waals surface area contributed by atoms with Crippen molar-refractivity contribution >= 4 is 5.82 Å². The number of aromatic nitrogens is 4. The number of nitrogens with one attached hydrogen (secondary N) is 1. The maximum Gasteiger partial charge on any atom is 0.135 e. The van der Waals surface area contributed by atoms with Crippen molar-refractivity contribution in [2.45, 2.75) is 39.0 Å². The maximum atomic E-state index is 4.69. The van der Waals surface area contributed by atoms with Gasteiger partial charge in [0.05, 0.1) is 6.20 Å². The van der Waals surface area contributed by atoms with Crippen LogP contribution in [0.5, 0.6) is 0 Å². The van der Waals surface area contributed by atoms with Crippen LogP contribution in [0.15, 0.2) is 42.7 Å². The topological polar surface area (TPSA) is 57.7 Å². The SMILES string of the molecule is Cc1ncc(C)c(N2CCC[C@H](c3[nH]ncc3Cc3ccccc3)C2)n1. The van der Waals surface area contributed by atoms with Gasteiger partial charge in [0.15, 0.2) is 0 Å². The van der Waals surface area contributed by atoms with E-state index >= 15 is 0 Å². The molecule has 0 saturated carbocycles. The highest BCUT2D eigenvalue weighted by atomic mass is 15.2. The van der Waals surface area contributed by atoms with E-state index in [1.807, 2.05) is 19.3 Å². The van der Waals surface area contributed by atoms with E-state index in [0.717, 1.165) is 43.1 Å². The number of H-pyrrole nitrogens is 1. The second-order valence-corrected chi connectivity index (χ2v) is 7.18. The average Bonchev–Trinajstić information content (AvgIpc) is 3.13. The number of benzene rings is 1. The van der Waals surface area contributed by atoms with Crippen LogP contribution in [0.1, 0.15) is 47.0 Å². The highest BCUT2D eigenvalue weighted by molar-refractivity contribution is 5.46. The van der Waals surface area contributed by atoms with Crippen molar-refractivity contribution < 1.29 is 0 Å². The molecule has 5 nitrogen and oxygen atoms in total. The molecule has 5 heteroatoms. The van der Waals surface area contributed by atoms with Crippen LogP contribution in [0, 0.1) is 13.8 Å². The van der Waals surface area contributed by atoms with Crippen LogP contribution in [0.25, 0.3) is 0 Å². The van der Waals surface area contributed by atoms with Crippen molar-refractivity contribution in [1.29, 1.82) is 0 Å². The van der Waals surface area contributed by atoms with Crippen molar-refractivity contribution in [3.63, 3.8) is 0 Å². The molecule has 0 unspecified atom stereocenters. The number of rotatable bonds is 4. The average molecular weight is 347 g/mol. The normalized spacial score (nSPS) is 17.5. The van der Waals surface area contributed by atoms with Crippen molar-refractivity contribution in [2.75, 3.05) is 18.0 Å². The van der Waals surface area contributed by atoms with Gasteiger partial charge in [0.1, 0.15) is 11.6 Å². The number of hydrogen-bond acceptors (Lipinski definition) is 4. The van der Waals surface area contributed by atoms with E-state index in [0.29, 0.717) is 5.92 Å². The fraction of sp³-hybridized carbons (Fsp3) is 0.381. The Morgan fingerprint density at radius 1 is 1.15 bits per heavy atom. The summed E-state index contributed by atoms with van der Waals surface area (Å²) in [6.45, 7) is 6.07. The third-order valence-corrected chi connectivity index (χ3v) is 5.18. The van der Waals surface area contributed by atoms with Gasteiger partial charge in [-0.25, -0.2) is 9.97 Å². The second-order valence-electron chi connectivity index (χ2n) is 7.18. The molecule has 1 aromatic carbocycles. The molecule has 3 heterocycles. The summed E-state index contributed by atoms with van der Waals surface area (Å²) in [4.78, 5) is 11.4. The number of anilines is 1. The highest BCUT2D eigenvalue weighted by Crippen LogP contribution is 2.31. The first-order valence-electron chi connectivity index (χ1n) is 9.32. The fourth-order valence-electron chi connectivity index (χ4n) is 3.87. The quantitative estimate of drug-likeness (QED) is 0.780. The maximum absolute atomic E-state index is 4.69. The fourth-order valence-corrected chi connectivity index (χ4v) is 3.87. The summed E-state index contributed by atoms with van der Waals surface area (Å²) in [5.41, 5.74) is 5.05. The van der Waals surface area contributed by atoms with Crippen LogP contribution < -0.4 is 4.90 Å². The molecule has 1 aliphatic rings. The molecule has 0 amide bonds. The minimum Gasteiger partial charge on any atom is -0.356 e. The number of aryl methyl sites for hydroxylation is 2. The largest absolute Gasteiger partial charge is 0.356 e. The summed E-state index contributed by atoms with van der Waals surface area (Å²) in [7, 11) is 0. The summed E-state index contributed by atoms with van der Waals surface area (Å²) in [5.74, 6) is 2.37. The Bertz CT molecular complexity index is 871. The molecule has 0 bridgehead atoms. The van der Waals surface area contributed by atoms with Gasteiger partial charge >= 0.3 is 0 Å². The Balaban J connectivity index is 1.55. The third kappa shape index (κ3) is 3.47. The molecule has 0 spiro atoms. The third-order valence-electron chi connectivity index (χ3n) is 5.18. The van der Waals surface area contributed by atoms with Crippen molar-refractivity contribution in [3.05, 3.63) is 70.9 Å². The Hall–Kier alpha value is -2.69. The Morgan fingerprint density at radius 2 is 2.00 bits per heavy atom. The van der Waals surface area contributed by atoms with E-state index in [-0.39, 0.29) is 0 Å². The summed E-state index contributed by atoms with van der Waals surface area (Å²) < 4.78 is 0. The number of hydrogen-bond donors (Lipinski definition) is 1. The van der Waals surface area contributed by atoms with Crippen LogP contribution in [0.3, 0.4) is 0 Å². The van der Waals surface area contributed by atoms with E-state index in [2.05, 4.69) is 57.3 Å². The van der Waals surface area contributed by atoms with E-state index < -0.39 is 0 Å². The van der Waals surface area contributed by atoms with Crippen molar-refractivity contribution in [1.82, 2.24) is 20.2 Å². The predicted molar refractivity (Wildman–Crippen MR) is 104 cm³/mol. The first-order valence-corrected chi connectivity index (χ1v) is 9.32. The molecule has 1 fully saturated rings. The van der Waals surface area contributed by atoms with Gasteiger partial charge in [-0.1, -0.05) is 30.3 Å². The molecule has 26 heavy (non-hydrogen) atoms. The van der Waals surface area contributed by atoms with Gasteiger partial charge in [-0.15, -0.1) is 0 Å². The zero-order valence-electron chi connectivity index (χ0n) is 15.4. The van der Waals surface area contributed by atoms with Gasteiger partial charge in [0.2, 0.25) is 0 Å². The van der Waals surface area contributed by atoms with E-state index in [1.54, 1.807) is 0 Å². The lowest BCUT2D eigenvalue weighted by molar-refractivity contribution is 0.494.